The lowest BCUT2D eigenvalue weighted by molar-refractivity contribution is -0.126. The molecular formula is C13H13BrN2O2. The molecule has 1 fully saturated rings. The van der Waals surface area contributed by atoms with Crippen molar-refractivity contribution in [1.82, 2.24) is 10.2 Å². The van der Waals surface area contributed by atoms with Crippen molar-refractivity contribution in [1.29, 1.82) is 0 Å². The number of amides is 3. The Bertz CT molecular complexity index is 558. The van der Waals surface area contributed by atoms with Gasteiger partial charge in [-0.25, -0.2) is 4.79 Å². The average molecular weight is 309 g/mol. The molecule has 3 rings (SSSR count). The highest BCUT2D eigenvalue weighted by molar-refractivity contribution is 9.10. The number of aryl methyl sites for hydroxylation is 1. The van der Waals surface area contributed by atoms with Crippen LogP contribution in [-0.4, -0.2) is 29.4 Å². The van der Waals surface area contributed by atoms with Crippen molar-refractivity contribution in [2.24, 2.45) is 0 Å². The number of fused-ring (bicyclic) bond motifs is 1. The van der Waals surface area contributed by atoms with E-state index < -0.39 is 5.54 Å². The highest BCUT2D eigenvalue weighted by atomic mass is 79.9. The van der Waals surface area contributed by atoms with Gasteiger partial charge in [0, 0.05) is 17.9 Å². The van der Waals surface area contributed by atoms with Crippen molar-refractivity contribution in [2.45, 2.75) is 24.8 Å². The fraction of sp³-hybridized carbons (Fsp3) is 0.385. The molecule has 1 saturated heterocycles. The van der Waals surface area contributed by atoms with Gasteiger partial charge in [0.25, 0.3) is 5.91 Å². The van der Waals surface area contributed by atoms with E-state index in [1.165, 1.54) is 5.56 Å². The van der Waals surface area contributed by atoms with Gasteiger partial charge in [0.05, 0.1) is 0 Å². The van der Waals surface area contributed by atoms with Gasteiger partial charge >= 0.3 is 6.03 Å². The van der Waals surface area contributed by atoms with Gasteiger partial charge in [-0.3, -0.25) is 10.1 Å². The third kappa shape index (κ3) is 1.50. The van der Waals surface area contributed by atoms with Gasteiger partial charge in [-0.2, -0.15) is 0 Å². The molecule has 0 saturated carbocycles. The predicted octanol–water partition coefficient (Wildman–Crippen LogP) is 1.86. The van der Waals surface area contributed by atoms with Crippen LogP contribution in [0.2, 0.25) is 0 Å². The minimum atomic E-state index is -0.683. The standard InChI is InChI=1S/C13H13BrN2O2/c1-16-12(18)15-11(17)13(16)5-4-8-6-10(14)3-2-9(8)7-13/h2-3,6H,4-5,7H2,1H3,(H,15,17,18)/t13-/m0/s1. The summed E-state index contributed by atoms with van der Waals surface area (Å²) in [7, 11) is 1.70. The van der Waals surface area contributed by atoms with E-state index in [2.05, 4.69) is 27.3 Å². The van der Waals surface area contributed by atoms with E-state index in [1.807, 2.05) is 12.1 Å². The highest BCUT2D eigenvalue weighted by Gasteiger charge is 2.52. The summed E-state index contributed by atoms with van der Waals surface area (Å²) in [6.07, 6.45) is 2.11. The van der Waals surface area contributed by atoms with E-state index >= 15 is 0 Å². The maximum absolute atomic E-state index is 12.1. The average Bonchev–Trinajstić information content (AvgIpc) is 2.55. The molecule has 1 aliphatic carbocycles. The van der Waals surface area contributed by atoms with E-state index in [0.29, 0.717) is 12.8 Å². The van der Waals surface area contributed by atoms with E-state index in [-0.39, 0.29) is 11.9 Å². The molecule has 0 unspecified atom stereocenters. The zero-order valence-electron chi connectivity index (χ0n) is 10.00. The third-order valence-corrected chi connectivity index (χ3v) is 4.54. The second-order valence-electron chi connectivity index (χ2n) is 4.94. The summed E-state index contributed by atoms with van der Waals surface area (Å²) in [6, 6.07) is 5.81. The van der Waals surface area contributed by atoms with Crippen LogP contribution < -0.4 is 5.32 Å². The highest BCUT2D eigenvalue weighted by Crippen LogP contribution is 2.36. The number of urea groups is 1. The monoisotopic (exact) mass is 308 g/mol. The second kappa shape index (κ2) is 3.82. The Balaban J connectivity index is 2.02. The van der Waals surface area contributed by atoms with Gasteiger partial charge in [0.1, 0.15) is 5.54 Å². The maximum atomic E-state index is 12.1. The fourth-order valence-corrected chi connectivity index (χ4v) is 3.28. The number of nitrogens with zero attached hydrogens (tertiary/aromatic N) is 1. The largest absolute Gasteiger partial charge is 0.324 e. The summed E-state index contributed by atoms with van der Waals surface area (Å²) in [5.41, 5.74) is 1.73. The van der Waals surface area contributed by atoms with E-state index in [4.69, 9.17) is 0 Å². The maximum Gasteiger partial charge on any atom is 0.324 e. The minimum absolute atomic E-state index is 0.163. The number of likely N-dealkylation sites (N-methyl/N-ethyl adjacent to an activating group) is 1. The molecule has 1 aromatic carbocycles. The molecule has 4 nitrogen and oxygen atoms in total. The van der Waals surface area contributed by atoms with Crippen LogP contribution in [0, 0.1) is 0 Å². The molecule has 1 N–H and O–H groups in total. The molecule has 0 radical (unpaired) electrons. The summed E-state index contributed by atoms with van der Waals surface area (Å²) in [5.74, 6) is -0.163. The summed E-state index contributed by atoms with van der Waals surface area (Å²) >= 11 is 3.45. The first-order valence-electron chi connectivity index (χ1n) is 5.89. The van der Waals surface area contributed by atoms with E-state index in [0.717, 1.165) is 16.5 Å². The Kier molecular flexibility index (Phi) is 2.48. The van der Waals surface area contributed by atoms with Crippen molar-refractivity contribution in [3.63, 3.8) is 0 Å². The molecule has 0 aromatic heterocycles. The SMILES string of the molecule is CN1C(=O)NC(=O)[C@@]12CCc1cc(Br)ccc1C2. The van der Waals surface area contributed by atoms with Crippen molar-refractivity contribution >= 4 is 27.9 Å². The number of carbonyl (C=O) groups is 2. The van der Waals surface area contributed by atoms with Crippen molar-refractivity contribution in [3.05, 3.63) is 33.8 Å². The molecule has 1 aliphatic heterocycles. The normalized spacial score (nSPS) is 26.4. The topological polar surface area (TPSA) is 49.4 Å². The summed E-state index contributed by atoms with van der Waals surface area (Å²) in [6.45, 7) is 0. The Morgan fingerprint density at radius 1 is 1.33 bits per heavy atom. The van der Waals surface area contributed by atoms with Gasteiger partial charge in [-0.15, -0.1) is 0 Å². The zero-order valence-corrected chi connectivity index (χ0v) is 11.6. The van der Waals surface area contributed by atoms with Crippen LogP contribution in [-0.2, 0) is 17.6 Å². The molecular weight excluding hydrogens is 296 g/mol. The molecule has 0 bridgehead atoms. The van der Waals surface area contributed by atoms with Crippen LogP contribution in [0.15, 0.2) is 22.7 Å². The number of nitrogens with one attached hydrogen (secondary N) is 1. The van der Waals surface area contributed by atoms with Gasteiger partial charge in [0.2, 0.25) is 0 Å². The first-order chi connectivity index (χ1) is 8.53. The van der Waals surface area contributed by atoms with Crippen molar-refractivity contribution in [2.75, 3.05) is 7.05 Å². The Morgan fingerprint density at radius 3 is 2.78 bits per heavy atom. The minimum Gasteiger partial charge on any atom is -0.312 e. The van der Waals surface area contributed by atoms with Crippen LogP contribution >= 0.6 is 15.9 Å². The molecule has 1 aromatic rings. The lowest BCUT2D eigenvalue weighted by Crippen LogP contribution is -2.51. The summed E-state index contributed by atoms with van der Waals surface area (Å²) in [4.78, 5) is 25.2. The number of hydrogen-bond donors (Lipinski definition) is 1. The lowest BCUT2D eigenvalue weighted by atomic mass is 9.77. The van der Waals surface area contributed by atoms with Crippen LogP contribution in [0.3, 0.4) is 0 Å². The zero-order chi connectivity index (χ0) is 12.9. The van der Waals surface area contributed by atoms with Crippen LogP contribution in [0.1, 0.15) is 17.5 Å². The van der Waals surface area contributed by atoms with Gasteiger partial charge < -0.3 is 4.90 Å². The Labute approximate surface area is 113 Å². The van der Waals surface area contributed by atoms with Crippen LogP contribution in [0.5, 0.6) is 0 Å². The quantitative estimate of drug-likeness (QED) is 0.744. The number of carbonyl (C=O) groups excluding carboxylic acids is 2. The van der Waals surface area contributed by atoms with Crippen LogP contribution in [0.25, 0.3) is 0 Å². The molecule has 94 valence electrons. The summed E-state index contributed by atoms with van der Waals surface area (Å²) in [5, 5.41) is 2.41. The van der Waals surface area contributed by atoms with Crippen LogP contribution in [0.4, 0.5) is 4.79 Å². The number of imide groups is 1. The fourth-order valence-electron chi connectivity index (χ4n) is 2.87. The number of rotatable bonds is 0. The predicted molar refractivity (Wildman–Crippen MR) is 70.2 cm³/mol. The van der Waals surface area contributed by atoms with E-state index in [1.54, 1.807) is 11.9 Å². The molecule has 1 heterocycles. The first-order valence-corrected chi connectivity index (χ1v) is 6.69. The Morgan fingerprint density at radius 2 is 2.11 bits per heavy atom. The van der Waals surface area contributed by atoms with Gasteiger partial charge in [0.15, 0.2) is 0 Å². The molecule has 18 heavy (non-hydrogen) atoms. The van der Waals surface area contributed by atoms with E-state index in [9.17, 15) is 9.59 Å². The van der Waals surface area contributed by atoms with Gasteiger partial charge in [-0.1, -0.05) is 22.0 Å². The summed E-state index contributed by atoms with van der Waals surface area (Å²) < 4.78 is 1.05. The lowest BCUT2D eigenvalue weighted by Gasteiger charge is -2.37. The molecule has 5 heteroatoms. The second-order valence-corrected chi connectivity index (χ2v) is 5.86. The number of hydrogen-bond acceptors (Lipinski definition) is 2. The Hall–Kier alpha value is -1.36. The molecule has 2 aliphatic rings. The molecule has 3 amide bonds. The first kappa shape index (κ1) is 11.7. The van der Waals surface area contributed by atoms with Crippen molar-refractivity contribution < 1.29 is 9.59 Å². The van der Waals surface area contributed by atoms with Gasteiger partial charge in [-0.05, 0) is 36.1 Å². The molecule has 1 spiro atoms. The van der Waals surface area contributed by atoms with Crippen molar-refractivity contribution in [3.8, 4) is 0 Å². The number of benzene rings is 1. The smallest absolute Gasteiger partial charge is 0.312 e. The third-order valence-electron chi connectivity index (χ3n) is 4.05. The number of halogens is 1. The molecule has 1 atom stereocenters.